The molecule has 1 fully saturated rings. The van der Waals surface area contributed by atoms with Crippen molar-refractivity contribution in [3.05, 3.63) is 105 Å². The number of nitrogens with zero attached hydrogens (tertiary/aromatic N) is 2. The monoisotopic (exact) mass is 591 g/mol. The van der Waals surface area contributed by atoms with Crippen LogP contribution in [0.25, 0.3) is 0 Å². The Kier molecular flexibility index (Phi) is 9.69. The number of phosphoric acid groups is 1. The van der Waals surface area contributed by atoms with E-state index < -0.39 is 55.9 Å². The Morgan fingerprint density at radius 3 is 2.46 bits per heavy atom. The molecule has 1 aromatic heterocycles. The zero-order valence-corrected chi connectivity index (χ0v) is 23.4. The Morgan fingerprint density at radius 2 is 1.78 bits per heavy atom. The Labute approximate surface area is 235 Å². The molecule has 1 saturated heterocycles. The highest BCUT2D eigenvalue weighted by atomic mass is 31.2. The van der Waals surface area contributed by atoms with E-state index in [1.54, 1.807) is 18.2 Å². The molecule has 3 aromatic rings. The number of ether oxygens (including phenoxy) is 2. The van der Waals surface area contributed by atoms with Gasteiger partial charge >= 0.3 is 11.7 Å². The Bertz CT molecular complexity index is 1500. The molecule has 4 rings (SSSR count). The average Bonchev–Trinajstić information content (AvgIpc) is 3.32. The summed E-state index contributed by atoms with van der Waals surface area (Å²) in [7, 11) is -0.930. The van der Waals surface area contributed by atoms with E-state index in [0.29, 0.717) is 23.8 Å². The molecule has 0 spiro atoms. The van der Waals surface area contributed by atoms with E-state index in [0.717, 1.165) is 10.1 Å². The molecule has 0 saturated carbocycles. The molecule has 14 heteroatoms. The van der Waals surface area contributed by atoms with Gasteiger partial charge < -0.3 is 27.9 Å². The summed E-state index contributed by atoms with van der Waals surface area (Å²) in [4.78, 5) is 50.8. The smallest absolute Gasteiger partial charge is 0.338 e. The van der Waals surface area contributed by atoms with E-state index in [9.17, 15) is 28.2 Å². The zero-order chi connectivity index (χ0) is 29.6. The molecule has 1 unspecified atom stereocenters. The second kappa shape index (κ2) is 13.0. The summed E-state index contributed by atoms with van der Waals surface area (Å²) in [5.41, 5.74) is -0.835. The fourth-order valence-corrected chi connectivity index (χ4v) is 5.07. The average molecular weight is 592 g/mol. The number of likely N-dealkylation sites (N-methyl/N-ethyl adjacent to an activating group) is 1. The molecule has 220 valence electrons. The number of benzene rings is 2. The number of quaternary nitrogens is 1. The van der Waals surface area contributed by atoms with Gasteiger partial charge in [0.1, 0.15) is 38.1 Å². The molecule has 1 N–H and O–H groups in total. The number of carbonyl (C=O) groups is 1. The molecule has 1 aliphatic rings. The minimum absolute atomic E-state index is 0.146. The molecule has 2 heterocycles. The highest BCUT2D eigenvalue weighted by Crippen LogP contribution is 2.40. The molecule has 0 bridgehead atoms. The Hall–Kier alpha value is -3.45. The lowest BCUT2D eigenvalue weighted by Gasteiger charge is -2.31. The van der Waals surface area contributed by atoms with Crippen LogP contribution in [-0.2, 0) is 29.6 Å². The molecule has 0 amide bonds. The first kappa shape index (κ1) is 30.5. The Balaban J connectivity index is 1.40. The van der Waals surface area contributed by atoms with Crippen molar-refractivity contribution in [1.82, 2.24) is 9.55 Å². The topological polar surface area (TPSA) is 149 Å². The number of aromatic nitrogens is 2. The third kappa shape index (κ3) is 8.52. The number of hydrogen-bond acceptors (Lipinski definition) is 9. The lowest BCUT2D eigenvalue weighted by Crippen LogP contribution is -2.41. The van der Waals surface area contributed by atoms with Gasteiger partial charge in [-0.2, -0.15) is 4.39 Å². The quantitative estimate of drug-likeness (QED) is 0.190. The summed E-state index contributed by atoms with van der Waals surface area (Å²) < 4.78 is 49.1. The summed E-state index contributed by atoms with van der Waals surface area (Å²) in [6.45, 7) is 0.273. The van der Waals surface area contributed by atoms with Gasteiger partial charge in [0.2, 0.25) is 5.82 Å². The van der Waals surface area contributed by atoms with Crippen LogP contribution in [0, 0.1) is 5.82 Å². The first-order chi connectivity index (χ1) is 19.4. The number of rotatable bonds is 12. The second-order valence-electron chi connectivity index (χ2n) is 10.2. The van der Waals surface area contributed by atoms with E-state index in [2.05, 4.69) is 0 Å². The molecule has 1 aliphatic heterocycles. The van der Waals surface area contributed by atoms with Gasteiger partial charge in [-0.3, -0.25) is 18.9 Å². The standard InChI is InChI=1S/C27H31FN3O9P/c1-31(2,17-19-9-5-3-6-10-19)13-14-37-41(35,36)38-18-23-22(40-26(33)20-11-7-4-8-12-20)15-24(39-23)30-16-21(28)25(32)29-27(30)34/h3-12,16,22-24H,13-15,17-18H2,1-2H3,(H-,29,32,34,35,36)/t22-,23+,24+/m0/s1. The van der Waals surface area contributed by atoms with Crippen LogP contribution in [0.1, 0.15) is 28.6 Å². The maximum Gasteiger partial charge on any atom is 0.338 e. The van der Waals surface area contributed by atoms with Crippen LogP contribution in [0.2, 0.25) is 0 Å². The normalized spacial score (nSPS) is 20.4. The highest BCUT2D eigenvalue weighted by Gasteiger charge is 2.40. The van der Waals surface area contributed by atoms with Crippen LogP contribution in [0.3, 0.4) is 0 Å². The summed E-state index contributed by atoms with van der Waals surface area (Å²) in [5, 5.41) is 0. The Morgan fingerprint density at radius 1 is 1.12 bits per heavy atom. The van der Waals surface area contributed by atoms with Crippen LogP contribution >= 0.6 is 7.82 Å². The van der Waals surface area contributed by atoms with Crippen LogP contribution in [0.15, 0.2) is 76.4 Å². The first-order valence-electron chi connectivity index (χ1n) is 12.8. The molecular weight excluding hydrogens is 560 g/mol. The van der Waals surface area contributed by atoms with Crippen LogP contribution in [-0.4, -0.2) is 66.1 Å². The summed E-state index contributed by atoms with van der Waals surface area (Å²) in [6, 6.07) is 17.8. The zero-order valence-electron chi connectivity index (χ0n) is 22.5. The van der Waals surface area contributed by atoms with Gasteiger partial charge in [0.15, 0.2) is 0 Å². The number of halogens is 1. The number of nitrogens with one attached hydrogen (secondary N) is 1. The minimum atomic E-state index is -4.80. The van der Waals surface area contributed by atoms with Gasteiger partial charge in [-0.25, -0.2) is 9.59 Å². The van der Waals surface area contributed by atoms with Crippen molar-refractivity contribution in [2.75, 3.05) is 33.9 Å². The molecule has 0 aliphatic carbocycles. The number of phosphoric ester groups is 1. The largest absolute Gasteiger partial charge is 0.756 e. The van der Waals surface area contributed by atoms with Gasteiger partial charge in [0.25, 0.3) is 13.4 Å². The predicted molar refractivity (Wildman–Crippen MR) is 142 cm³/mol. The lowest BCUT2D eigenvalue weighted by molar-refractivity contribution is -0.903. The molecule has 2 aromatic carbocycles. The number of aromatic amines is 1. The van der Waals surface area contributed by atoms with Crippen molar-refractivity contribution in [1.29, 1.82) is 0 Å². The van der Waals surface area contributed by atoms with E-state index in [1.165, 1.54) is 12.1 Å². The minimum Gasteiger partial charge on any atom is -0.756 e. The summed E-state index contributed by atoms with van der Waals surface area (Å²) >= 11 is 0. The predicted octanol–water partition coefficient (Wildman–Crippen LogP) is 1.97. The van der Waals surface area contributed by atoms with Crippen LogP contribution in [0.4, 0.5) is 4.39 Å². The molecule has 0 radical (unpaired) electrons. The number of H-pyrrole nitrogens is 1. The van der Waals surface area contributed by atoms with Crippen molar-refractivity contribution >= 4 is 13.8 Å². The van der Waals surface area contributed by atoms with E-state index in [4.69, 9.17) is 18.5 Å². The third-order valence-corrected chi connectivity index (χ3v) is 7.44. The van der Waals surface area contributed by atoms with Crippen molar-refractivity contribution < 1.29 is 41.6 Å². The SMILES string of the molecule is C[N+](C)(CCOP(=O)([O-])OC[C@H]1O[C@@H](n2cc(F)c(=O)[nH]c2=O)C[C@@H]1OC(=O)c1ccccc1)Cc1ccccc1. The van der Waals surface area contributed by atoms with E-state index in [1.807, 2.05) is 49.4 Å². The van der Waals surface area contributed by atoms with Crippen molar-refractivity contribution in [3.63, 3.8) is 0 Å². The van der Waals surface area contributed by atoms with E-state index >= 15 is 0 Å². The molecule has 41 heavy (non-hydrogen) atoms. The molecule has 12 nitrogen and oxygen atoms in total. The highest BCUT2D eigenvalue weighted by molar-refractivity contribution is 7.45. The molecular formula is C27H31FN3O9P. The van der Waals surface area contributed by atoms with Crippen molar-refractivity contribution in [2.24, 2.45) is 0 Å². The first-order valence-corrected chi connectivity index (χ1v) is 14.3. The fourth-order valence-electron chi connectivity index (χ4n) is 4.36. The second-order valence-corrected chi connectivity index (χ2v) is 11.6. The van der Waals surface area contributed by atoms with Gasteiger partial charge in [-0.15, -0.1) is 0 Å². The van der Waals surface area contributed by atoms with Crippen LogP contribution < -0.4 is 16.1 Å². The van der Waals surface area contributed by atoms with Gasteiger partial charge in [0.05, 0.1) is 32.5 Å². The van der Waals surface area contributed by atoms with Crippen molar-refractivity contribution in [2.45, 2.75) is 31.4 Å². The summed E-state index contributed by atoms with van der Waals surface area (Å²) in [6.07, 6.45) is -2.89. The van der Waals surface area contributed by atoms with Gasteiger partial charge in [-0.05, 0) is 12.1 Å². The maximum absolute atomic E-state index is 13.9. The number of esters is 1. The van der Waals surface area contributed by atoms with Crippen LogP contribution in [0.5, 0.6) is 0 Å². The maximum atomic E-state index is 13.9. The van der Waals surface area contributed by atoms with Gasteiger partial charge in [0, 0.05) is 12.0 Å². The van der Waals surface area contributed by atoms with Gasteiger partial charge in [-0.1, -0.05) is 48.5 Å². The number of hydrogen-bond donors (Lipinski definition) is 1. The summed E-state index contributed by atoms with van der Waals surface area (Å²) in [5.74, 6) is -1.94. The number of carbonyl (C=O) groups excluding carboxylic acids is 1. The molecule has 4 atom stereocenters. The van der Waals surface area contributed by atoms with Crippen molar-refractivity contribution in [3.8, 4) is 0 Å². The fraction of sp³-hybridized carbons (Fsp3) is 0.370. The lowest BCUT2D eigenvalue weighted by atomic mass is 10.1. The third-order valence-electron chi connectivity index (χ3n) is 6.48. The van der Waals surface area contributed by atoms with E-state index in [-0.39, 0.29) is 18.6 Å².